The van der Waals surface area contributed by atoms with Gasteiger partial charge in [0.15, 0.2) is 11.5 Å². The SMILES string of the molecule is COc1cc(Cl)cc(CCN)c1OCc1ccc(Br)s1. The van der Waals surface area contributed by atoms with Crippen LogP contribution in [0.25, 0.3) is 0 Å². The molecule has 2 rings (SSSR count). The molecule has 1 aromatic heterocycles. The lowest BCUT2D eigenvalue weighted by Crippen LogP contribution is -2.06. The molecule has 0 unspecified atom stereocenters. The van der Waals surface area contributed by atoms with Gasteiger partial charge in [-0.2, -0.15) is 0 Å². The zero-order valence-electron chi connectivity index (χ0n) is 11.0. The minimum atomic E-state index is 0.492. The Morgan fingerprint density at radius 2 is 2.15 bits per heavy atom. The second-order valence-corrected chi connectivity index (χ2v) is 7.11. The molecule has 0 aliphatic carbocycles. The summed E-state index contributed by atoms with van der Waals surface area (Å²) in [5.41, 5.74) is 6.60. The van der Waals surface area contributed by atoms with Gasteiger partial charge in [-0.05, 0) is 47.1 Å². The highest BCUT2D eigenvalue weighted by Crippen LogP contribution is 2.36. The molecule has 108 valence electrons. The van der Waals surface area contributed by atoms with Crippen LogP contribution in [-0.2, 0) is 13.0 Å². The van der Waals surface area contributed by atoms with Gasteiger partial charge in [0.1, 0.15) is 6.61 Å². The molecule has 0 aliphatic rings. The molecule has 3 nitrogen and oxygen atoms in total. The topological polar surface area (TPSA) is 44.5 Å². The highest BCUT2D eigenvalue weighted by Gasteiger charge is 2.13. The predicted octanol–water partition coefficient (Wildman–Crippen LogP) is 4.25. The maximum absolute atomic E-state index is 6.08. The molecule has 0 bridgehead atoms. The molecule has 0 radical (unpaired) electrons. The summed E-state index contributed by atoms with van der Waals surface area (Å²) in [5, 5.41) is 0.622. The van der Waals surface area contributed by atoms with Crippen LogP contribution in [0, 0.1) is 0 Å². The van der Waals surface area contributed by atoms with Gasteiger partial charge in [-0.25, -0.2) is 0 Å². The zero-order valence-corrected chi connectivity index (χ0v) is 14.1. The summed E-state index contributed by atoms with van der Waals surface area (Å²) in [4.78, 5) is 1.13. The summed E-state index contributed by atoms with van der Waals surface area (Å²) in [6, 6.07) is 7.65. The summed E-state index contributed by atoms with van der Waals surface area (Å²) in [6.07, 6.45) is 0.695. The fourth-order valence-electron chi connectivity index (χ4n) is 1.85. The smallest absolute Gasteiger partial charge is 0.165 e. The Kier molecular flexibility index (Phi) is 5.72. The number of thiophene rings is 1. The Hall–Kier alpha value is -0.750. The Balaban J connectivity index is 2.23. The van der Waals surface area contributed by atoms with Gasteiger partial charge in [-0.1, -0.05) is 11.6 Å². The van der Waals surface area contributed by atoms with E-state index in [4.69, 9.17) is 26.8 Å². The van der Waals surface area contributed by atoms with Crippen molar-refractivity contribution in [3.63, 3.8) is 0 Å². The van der Waals surface area contributed by atoms with E-state index < -0.39 is 0 Å². The van der Waals surface area contributed by atoms with Crippen LogP contribution in [0.4, 0.5) is 0 Å². The molecule has 0 saturated heterocycles. The van der Waals surface area contributed by atoms with Crippen LogP contribution in [0.15, 0.2) is 28.1 Å². The van der Waals surface area contributed by atoms with Gasteiger partial charge in [0.25, 0.3) is 0 Å². The van der Waals surface area contributed by atoms with E-state index in [0.29, 0.717) is 36.1 Å². The van der Waals surface area contributed by atoms with Crippen LogP contribution >= 0.6 is 38.9 Å². The Morgan fingerprint density at radius 3 is 2.75 bits per heavy atom. The van der Waals surface area contributed by atoms with E-state index in [9.17, 15) is 0 Å². The molecule has 1 heterocycles. The number of nitrogens with two attached hydrogens (primary N) is 1. The van der Waals surface area contributed by atoms with Gasteiger partial charge in [0.2, 0.25) is 0 Å². The maximum atomic E-state index is 6.08. The van der Waals surface area contributed by atoms with Crippen LogP contribution in [-0.4, -0.2) is 13.7 Å². The second-order valence-electron chi connectivity index (χ2n) is 4.13. The van der Waals surface area contributed by atoms with Gasteiger partial charge in [0.05, 0.1) is 10.9 Å². The Labute approximate surface area is 135 Å². The number of methoxy groups -OCH3 is 1. The van der Waals surface area contributed by atoms with Crippen LogP contribution < -0.4 is 15.2 Å². The first kappa shape index (κ1) is 15.6. The van der Waals surface area contributed by atoms with Gasteiger partial charge >= 0.3 is 0 Å². The van der Waals surface area contributed by atoms with E-state index in [2.05, 4.69) is 15.9 Å². The zero-order chi connectivity index (χ0) is 14.5. The summed E-state index contributed by atoms with van der Waals surface area (Å²) >= 11 is 11.2. The van der Waals surface area contributed by atoms with Crippen LogP contribution in [0.2, 0.25) is 5.02 Å². The number of hydrogen-bond acceptors (Lipinski definition) is 4. The van der Waals surface area contributed by atoms with E-state index >= 15 is 0 Å². The Morgan fingerprint density at radius 1 is 1.35 bits per heavy atom. The molecule has 0 fully saturated rings. The average molecular weight is 377 g/mol. The fraction of sp³-hybridized carbons (Fsp3) is 0.286. The molecule has 2 aromatic rings. The summed E-state index contributed by atoms with van der Waals surface area (Å²) in [5.74, 6) is 1.35. The fourth-order valence-corrected chi connectivity index (χ4v) is 3.48. The Bertz CT molecular complexity index is 589. The molecule has 0 amide bonds. The van der Waals surface area contributed by atoms with E-state index in [-0.39, 0.29) is 0 Å². The van der Waals surface area contributed by atoms with Gasteiger partial charge in [-0.3, -0.25) is 0 Å². The third kappa shape index (κ3) is 3.88. The largest absolute Gasteiger partial charge is 0.493 e. The molecule has 0 atom stereocenters. The van der Waals surface area contributed by atoms with Crippen LogP contribution in [0.5, 0.6) is 11.5 Å². The molecule has 20 heavy (non-hydrogen) atoms. The van der Waals surface area contributed by atoms with Crippen molar-refractivity contribution in [2.75, 3.05) is 13.7 Å². The van der Waals surface area contributed by atoms with E-state index in [1.165, 1.54) is 0 Å². The highest BCUT2D eigenvalue weighted by atomic mass is 79.9. The summed E-state index contributed by atoms with van der Waals surface area (Å²) in [6.45, 7) is 1.02. The van der Waals surface area contributed by atoms with Gasteiger partial charge in [-0.15, -0.1) is 11.3 Å². The molecule has 0 spiro atoms. The van der Waals surface area contributed by atoms with Crippen molar-refractivity contribution < 1.29 is 9.47 Å². The lowest BCUT2D eigenvalue weighted by molar-refractivity contribution is 0.284. The second kappa shape index (κ2) is 7.31. The minimum Gasteiger partial charge on any atom is -0.493 e. The first-order valence-corrected chi connectivity index (χ1v) is 8.06. The predicted molar refractivity (Wildman–Crippen MR) is 87.1 cm³/mol. The van der Waals surface area contributed by atoms with Crippen molar-refractivity contribution in [2.45, 2.75) is 13.0 Å². The van der Waals surface area contributed by atoms with Crippen molar-refractivity contribution in [1.29, 1.82) is 0 Å². The monoisotopic (exact) mass is 375 g/mol. The number of hydrogen-bond donors (Lipinski definition) is 1. The number of ether oxygens (including phenoxy) is 2. The third-order valence-electron chi connectivity index (χ3n) is 2.72. The molecular weight excluding hydrogens is 362 g/mol. The lowest BCUT2D eigenvalue weighted by Gasteiger charge is -2.15. The van der Waals surface area contributed by atoms with Crippen molar-refractivity contribution in [3.8, 4) is 11.5 Å². The quantitative estimate of drug-likeness (QED) is 0.819. The molecule has 6 heteroatoms. The summed E-state index contributed by atoms with van der Waals surface area (Å²) in [7, 11) is 1.60. The first-order valence-electron chi connectivity index (χ1n) is 6.07. The first-order chi connectivity index (χ1) is 9.63. The highest BCUT2D eigenvalue weighted by molar-refractivity contribution is 9.11. The van der Waals surface area contributed by atoms with E-state index in [0.717, 1.165) is 14.2 Å². The lowest BCUT2D eigenvalue weighted by atomic mass is 10.1. The summed E-state index contributed by atoms with van der Waals surface area (Å²) < 4.78 is 12.4. The standard InChI is InChI=1S/C14H15BrClNO2S/c1-18-12-7-10(16)6-9(4-5-17)14(12)19-8-11-2-3-13(15)20-11/h2-3,6-7H,4-5,8,17H2,1H3. The van der Waals surface area contributed by atoms with Crippen LogP contribution in [0.3, 0.4) is 0 Å². The maximum Gasteiger partial charge on any atom is 0.165 e. The van der Waals surface area contributed by atoms with Crippen LogP contribution in [0.1, 0.15) is 10.4 Å². The van der Waals surface area contributed by atoms with Crippen molar-refractivity contribution in [1.82, 2.24) is 0 Å². The van der Waals surface area contributed by atoms with E-state index in [1.54, 1.807) is 24.5 Å². The van der Waals surface area contributed by atoms with E-state index in [1.807, 2.05) is 18.2 Å². The minimum absolute atomic E-state index is 0.492. The molecule has 0 saturated carbocycles. The number of benzene rings is 1. The normalized spacial score (nSPS) is 10.6. The number of rotatable bonds is 6. The molecular formula is C14H15BrClNO2S. The molecule has 0 aliphatic heterocycles. The molecule has 2 N–H and O–H groups in total. The van der Waals surface area contributed by atoms with Gasteiger partial charge in [0, 0.05) is 21.5 Å². The third-order valence-corrected chi connectivity index (χ3v) is 4.53. The average Bonchev–Trinajstić information content (AvgIpc) is 2.83. The number of halogens is 2. The van der Waals surface area contributed by atoms with Gasteiger partial charge < -0.3 is 15.2 Å². The van der Waals surface area contributed by atoms with Crippen molar-refractivity contribution in [2.24, 2.45) is 5.73 Å². The van der Waals surface area contributed by atoms with Crippen molar-refractivity contribution >= 4 is 38.9 Å². The molecule has 1 aromatic carbocycles. The van der Waals surface area contributed by atoms with Crippen molar-refractivity contribution in [3.05, 3.63) is 43.5 Å².